The molecule has 1 aromatic rings. The van der Waals surface area contributed by atoms with Crippen molar-refractivity contribution in [1.82, 2.24) is 0 Å². The molecule has 12 heavy (non-hydrogen) atoms. The number of rotatable bonds is 2. The lowest BCUT2D eigenvalue weighted by molar-refractivity contribution is -0.108. The number of benzene rings is 1. The van der Waals surface area contributed by atoms with Gasteiger partial charge in [0.2, 0.25) is 0 Å². The van der Waals surface area contributed by atoms with Crippen molar-refractivity contribution in [3.8, 4) is 5.75 Å². The second kappa shape index (κ2) is 3.39. The van der Waals surface area contributed by atoms with E-state index in [-0.39, 0.29) is 11.7 Å². The summed E-state index contributed by atoms with van der Waals surface area (Å²) in [5.41, 5.74) is 1.75. The van der Waals surface area contributed by atoms with Crippen molar-refractivity contribution in [2.24, 2.45) is 0 Å². The molecule has 0 aliphatic heterocycles. The van der Waals surface area contributed by atoms with Crippen LogP contribution in [0.4, 0.5) is 0 Å². The Hall–Kier alpha value is -1.31. The van der Waals surface area contributed by atoms with E-state index < -0.39 is 0 Å². The maximum Gasteiger partial charge on any atom is 0.127 e. The minimum absolute atomic E-state index is 0.0932. The van der Waals surface area contributed by atoms with Crippen LogP contribution >= 0.6 is 0 Å². The Morgan fingerprint density at radius 3 is 2.67 bits per heavy atom. The number of aldehydes is 1. The van der Waals surface area contributed by atoms with Crippen molar-refractivity contribution in [3.63, 3.8) is 0 Å². The van der Waals surface area contributed by atoms with Crippen molar-refractivity contribution >= 4 is 6.29 Å². The van der Waals surface area contributed by atoms with E-state index in [2.05, 4.69) is 0 Å². The molecule has 0 aliphatic carbocycles. The van der Waals surface area contributed by atoms with Crippen LogP contribution < -0.4 is 0 Å². The Labute approximate surface area is 71.8 Å². The van der Waals surface area contributed by atoms with E-state index in [4.69, 9.17) is 0 Å². The molecule has 64 valence electrons. The number of carbonyl (C=O) groups is 1. The molecule has 0 bridgehead atoms. The molecule has 0 saturated carbocycles. The van der Waals surface area contributed by atoms with Crippen molar-refractivity contribution in [2.75, 3.05) is 0 Å². The molecule has 0 heterocycles. The number of phenols is 1. The third-order valence-electron chi connectivity index (χ3n) is 1.95. The summed E-state index contributed by atoms with van der Waals surface area (Å²) in [6.07, 6.45) is 0.895. The van der Waals surface area contributed by atoms with Crippen LogP contribution in [0.1, 0.15) is 24.0 Å². The van der Waals surface area contributed by atoms with Gasteiger partial charge in [-0.3, -0.25) is 0 Å². The molecule has 0 aliphatic rings. The van der Waals surface area contributed by atoms with E-state index in [0.717, 1.165) is 17.4 Å². The molecule has 0 fully saturated rings. The summed E-state index contributed by atoms with van der Waals surface area (Å²) >= 11 is 0. The van der Waals surface area contributed by atoms with Gasteiger partial charge >= 0.3 is 0 Å². The molecule has 0 saturated heterocycles. The van der Waals surface area contributed by atoms with Crippen molar-refractivity contribution < 1.29 is 9.90 Å². The van der Waals surface area contributed by atoms with Gasteiger partial charge in [0.25, 0.3) is 0 Å². The topological polar surface area (TPSA) is 37.3 Å². The summed E-state index contributed by atoms with van der Waals surface area (Å²) in [7, 11) is 0. The predicted octanol–water partition coefficient (Wildman–Crippen LogP) is 2.00. The molecule has 1 aromatic carbocycles. The average Bonchev–Trinajstić information content (AvgIpc) is 2.08. The standard InChI is InChI=1S/C10H12O2/c1-7-5-9(8(2)6-11)3-4-10(7)12/h3-6,8,12H,1-2H3. The van der Waals surface area contributed by atoms with Gasteiger partial charge in [-0.05, 0) is 24.1 Å². The first-order chi connectivity index (χ1) is 5.65. The third-order valence-corrected chi connectivity index (χ3v) is 1.95. The lowest BCUT2D eigenvalue weighted by Gasteiger charge is -2.05. The molecule has 1 rings (SSSR count). The Kier molecular flexibility index (Phi) is 2.48. The summed E-state index contributed by atoms with van der Waals surface area (Å²) in [5, 5.41) is 9.21. The number of phenolic OH excluding ortho intramolecular Hbond substituents is 1. The van der Waals surface area contributed by atoms with Gasteiger partial charge in [-0.25, -0.2) is 0 Å². The van der Waals surface area contributed by atoms with Crippen molar-refractivity contribution in [1.29, 1.82) is 0 Å². The average molecular weight is 164 g/mol. The van der Waals surface area contributed by atoms with Crippen LogP contribution in [-0.2, 0) is 4.79 Å². The second-order valence-corrected chi connectivity index (χ2v) is 2.97. The first kappa shape index (κ1) is 8.78. The van der Waals surface area contributed by atoms with Crippen molar-refractivity contribution in [2.45, 2.75) is 19.8 Å². The zero-order chi connectivity index (χ0) is 9.14. The molecule has 2 heteroatoms. The van der Waals surface area contributed by atoms with Crippen LogP contribution in [0.15, 0.2) is 18.2 Å². The van der Waals surface area contributed by atoms with Crippen LogP contribution in [-0.4, -0.2) is 11.4 Å². The molecule has 0 spiro atoms. The predicted molar refractivity (Wildman–Crippen MR) is 47.3 cm³/mol. The Balaban J connectivity index is 3.04. The van der Waals surface area contributed by atoms with Crippen LogP contribution in [0.25, 0.3) is 0 Å². The second-order valence-electron chi connectivity index (χ2n) is 2.97. The summed E-state index contributed by atoms with van der Waals surface area (Å²) in [6, 6.07) is 5.21. The summed E-state index contributed by atoms with van der Waals surface area (Å²) < 4.78 is 0. The van der Waals surface area contributed by atoms with E-state index >= 15 is 0 Å². The Bertz CT molecular complexity index is 292. The van der Waals surface area contributed by atoms with Gasteiger partial charge in [-0.1, -0.05) is 19.1 Å². The molecule has 0 radical (unpaired) electrons. The van der Waals surface area contributed by atoms with Crippen molar-refractivity contribution in [3.05, 3.63) is 29.3 Å². The maximum absolute atomic E-state index is 10.4. The van der Waals surface area contributed by atoms with Crippen LogP contribution in [0, 0.1) is 6.92 Å². The highest BCUT2D eigenvalue weighted by Gasteiger charge is 2.04. The van der Waals surface area contributed by atoms with Gasteiger partial charge < -0.3 is 9.90 Å². The van der Waals surface area contributed by atoms with Crippen LogP contribution in [0.2, 0.25) is 0 Å². The fourth-order valence-corrected chi connectivity index (χ4v) is 1.04. The molecule has 0 aromatic heterocycles. The highest BCUT2D eigenvalue weighted by Crippen LogP contribution is 2.21. The van der Waals surface area contributed by atoms with Gasteiger partial charge in [0.15, 0.2) is 0 Å². The van der Waals surface area contributed by atoms with Gasteiger partial charge in [0.05, 0.1) is 0 Å². The van der Waals surface area contributed by atoms with Gasteiger partial charge in [-0.2, -0.15) is 0 Å². The molecule has 1 unspecified atom stereocenters. The molecular formula is C10H12O2. The zero-order valence-electron chi connectivity index (χ0n) is 7.24. The number of carbonyl (C=O) groups excluding carboxylic acids is 1. The molecular weight excluding hydrogens is 152 g/mol. The highest BCUT2D eigenvalue weighted by molar-refractivity contribution is 5.61. The van der Waals surface area contributed by atoms with Gasteiger partial charge in [0, 0.05) is 5.92 Å². The third kappa shape index (κ3) is 1.64. The fraction of sp³-hybridized carbons (Fsp3) is 0.300. The first-order valence-corrected chi connectivity index (χ1v) is 3.90. The fourth-order valence-electron chi connectivity index (χ4n) is 1.04. The number of aromatic hydroxyl groups is 1. The largest absolute Gasteiger partial charge is 0.508 e. The smallest absolute Gasteiger partial charge is 0.127 e. The highest BCUT2D eigenvalue weighted by atomic mass is 16.3. The van der Waals surface area contributed by atoms with E-state index in [1.807, 2.05) is 19.9 Å². The first-order valence-electron chi connectivity index (χ1n) is 3.90. The van der Waals surface area contributed by atoms with E-state index in [1.54, 1.807) is 12.1 Å². The lowest BCUT2D eigenvalue weighted by Crippen LogP contribution is -1.94. The molecule has 0 amide bonds. The molecule has 1 N–H and O–H groups in total. The quantitative estimate of drug-likeness (QED) is 0.679. The van der Waals surface area contributed by atoms with Gasteiger partial charge in [-0.15, -0.1) is 0 Å². The van der Waals surface area contributed by atoms with Crippen LogP contribution in [0.5, 0.6) is 5.75 Å². The number of hydrogen-bond acceptors (Lipinski definition) is 2. The number of aryl methyl sites for hydroxylation is 1. The molecule has 2 nitrogen and oxygen atoms in total. The summed E-state index contributed by atoms with van der Waals surface area (Å²) in [5.74, 6) is 0.182. The maximum atomic E-state index is 10.4. The zero-order valence-corrected chi connectivity index (χ0v) is 7.24. The SMILES string of the molecule is Cc1cc(C(C)C=O)ccc1O. The van der Waals surface area contributed by atoms with Crippen LogP contribution in [0.3, 0.4) is 0 Å². The monoisotopic (exact) mass is 164 g/mol. The minimum Gasteiger partial charge on any atom is -0.508 e. The van der Waals surface area contributed by atoms with E-state index in [0.29, 0.717) is 0 Å². The van der Waals surface area contributed by atoms with Gasteiger partial charge in [0.1, 0.15) is 12.0 Å². The summed E-state index contributed by atoms with van der Waals surface area (Å²) in [4.78, 5) is 10.4. The molecule has 1 atom stereocenters. The number of hydrogen-bond donors (Lipinski definition) is 1. The minimum atomic E-state index is -0.0932. The Morgan fingerprint density at radius 2 is 2.17 bits per heavy atom. The summed E-state index contributed by atoms with van der Waals surface area (Å²) in [6.45, 7) is 3.65. The Morgan fingerprint density at radius 1 is 1.50 bits per heavy atom. The lowest BCUT2D eigenvalue weighted by atomic mass is 10.0. The normalized spacial score (nSPS) is 12.5. The van der Waals surface area contributed by atoms with E-state index in [9.17, 15) is 9.90 Å². The van der Waals surface area contributed by atoms with E-state index in [1.165, 1.54) is 0 Å².